The van der Waals surface area contributed by atoms with Crippen molar-refractivity contribution in [3.8, 4) is 0 Å². The molecule has 2 aromatic carbocycles. The molecule has 0 amide bonds. The molecule has 332 valence electrons. The Morgan fingerprint density at radius 2 is 0.759 bits per heavy atom. The van der Waals surface area contributed by atoms with Gasteiger partial charge >= 0.3 is 0 Å². The van der Waals surface area contributed by atoms with Crippen LogP contribution in [0.1, 0.15) is 238 Å². The van der Waals surface area contributed by atoms with Crippen molar-refractivity contribution in [2.45, 2.75) is 239 Å². The minimum atomic E-state index is 0.355. The normalized spacial score (nSPS) is 10.6. The third-order valence-electron chi connectivity index (χ3n) is 10.9. The Morgan fingerprint density at radius 1 is 0.466 bits per heavy atom. The Balaban J connectivity index is 0.000000969. The van der Waals surface area contributed by atoms with Gasteiger partial charge in [0.15, 0.2) is 0 Å². The number of nitrogen functional groups attached to an aromatic ring is 1. The first-order chi connectivity index (χ1) is 28.4. The van der Waals surface area contributed by atoms with Gasteiger partial charge in [-0.1, -0.05) is 248 Å². The summed E-state index contributed by atoms with van der Waals surface area (Å²) in [5, 5.41) is 1.45. The van der Waals surface area contributed by atoms with Crippen molar-refractivity contribution in [3.63, 3.8) is 0 Å². The molecule has 2 rings (SSSR count). The van der Waals surface area contributed by atoms with Gasteiger partial charge < -0.3 is 5.73 Å². The van der Waals surface area contributed by atoms with Crippen molar-refractivity contribution < 1.29 is 9.59 Å². The molecule has 2 N–H and O–H groups in total. The molecule has 0 radical (unpaired) electrons. The Morgan fingerprint density at radius 3 is 1.07 bits per heavy atom. The summed E-state index contributed by atoms with van der Waals surface area (Å²) in [4.78, 5) is 25.5. The van der Waals surface area contributed by atoms with E-state index in [-0.39, 0.29) is 0 Å². The number of ketones is 1. The molecule has 6 heteroatoms. The molecule has 0 aliphatic rings. The van der Waals surface area contributed by atoms with E-state index in [2.05, 4.69) is 18.8 Å². The molecule has 0 atom stereocenters. The molecule has 0 spiro atoms. The highest BCUT2D eigenvalue weighted by atomic mass is 35.5. The van der Waals surface area contributed by atoms with Crippen LogP contribution in [0.5, 0.6) is 0 Å². The van der Waals surface area contributed by atoms with Gasteiger partial charge in [-0.15, -0.1) is 0 Å². The van der Waals surface area contributed by atoms with E-state index >= 15 is 0 Å². The van der Waals surface area contributed by atoms with Gasteiger partial charge in [-0.2, -0.15) is 0 Å². The molecule has 2 aromatic rings. The number of hydrogen-bond acceptors (Lipinski definition) is 4. The summed E-state index contributed by atoms with van der Waals surface area (Å²) < 4.78 is 0. The van der Waals surface area contributed by atoms with E-state index in [9.17, 15) is 9.59 Å². The van der Waals surface area contributed by atoms with E-state index in [0.29, 0.717) is 18.7 Å². The van der Waals surface area contributed by atoms with Gasteiger partial charge in [-0.3, -0.25) is 4.79 Å². The summed E-state index contributed by atoms with van der Waals surface area (Å²) in [5.41, 5.74) is 7.19. The quantitative estimate of drug-likeness (QED) is 0.0319. The molecule has 0 aliphatic heterocycles. The maximum absolute atomic E-state index is 12.0. The Labute approximate surface area is 368 Å². The van der Waals surface area contributed by atoms with Crippen molar-refractivity contribution in [1.29, 1.82) is 0 Å². The average Bonchev–Trinajstić information content (AvgIpc) is 3.22. The summed E-state index contributed by atoms with van der Waals surface area (Å²) in [6.45, 7) is 5.23. The van der Waals surface area contributed by atoms with Crippen LogP contribution in [0.2, 0.25) is 10.0 Å². The second-order valence-corrected chi connectivity index (χ2v) is 17.4. The predicted molar refractivity (Wildman–Crippen MR) is 257 cm³/mol. The molecule has 0 unspecified atom stereocenters. The number of rotatable bonds is 37. The lowest BCUT2D eigenvalue weighted by molar-refractivity contribution is -0.118. The van der Waals surface area contributed by atoms with E-state index in [4.69, 9.17) is 28.9 Å². The molecule has 4 nitrogen and oxygen atoms in total. The number of carbonyl (C=O) groups is 1. The van der Waals surface area contributed by atoms with Crippen molar-refractivity contribution in [2.24, 2.45) is 4.99 Å². The zero-order chi connectivity index (χ0) is 42.4. The first-order valence-corrected chi connectivity index (χ1v) is 25.0. The van der Waals surface area contributed by atoms with Gasteiger partial charge in [0.1, 0.15) is 5.78 Å². The molecular weight excluding hydrogens is 755 g/mol. The number of benzene rings is 2. The highest BCUT2D eigenvalue weighted by molar-refractivity contribution is 6.30. The summed E-state index contributed by atoms with van der Waals surface area (Å²) in [7, 11) is 0. The number of hydrogen-bond donors (Lipinski definition) is 1. The number of isocyanates is 1. The van der Waals surface area contributed by atoms with Gasteiger partial charge in [0.05, 0.1) is 6.54 Å². The Kier molecular flexibility index (Phi) is 44.3. The lowest BCUT2D eigenvalue weighted by Crippen LogP contribution is -2.02. The number of anilines is 1. The summed E-state index contributed by atoms with van der Waals surface area (Å²) >= 11 is 11.4. The van der Waals surface area contributed by atoms with Crippen molar-refractivity contribution in [3.05, 3.63) is 64.1 Å². The fraction of sp³-hybridized carbons (Fsp3) is 0.731. The van der Waals surface area contributed by atoms with E-state index in [1.165, 1.54) is 199 Å². The van der Waals surface area contributed by atoms with Crippen LogP contribution in [0.4, 0.5) is 5.69 Å². The van der Waals surface area contributed by atoms with Crippen molar-refractivity contribution >= 4 is 40.8 Å². The molecule has 0 heterocycles. The topological polar surface area (TPSA) is 72.5 Å². The van der Waals surface area contributed by atoms with Crippen LogP contribution < -0.4 is 5.73 Å². The largest absolute Gasteiger partial charge is 0.399 e. The number of nitrogens with zero attached hydrogens (tertiary/aromatic N) is 1. The van der Waals surface area contributed by atoms with Gasteiger partial charge in [0.2, 0.25) is 6.08 Å². The van der Waals surface area contributed by atoms with Gasteiger partial charge in [-0.05, 0) is 54.8 Å². The maximum atomic E-state index is 12.0. The van der Waals surface area contributed by atoms with Gasteiger partial charge in [0, 0.05) is 28.6 Å². The SMILES string of the molecule is CCCCCCCCCCCCCCCCCCCC(=O)Cc1ccc(Cl)cc1.CCCCCCCCCCCCCCCCCCN=C=O.Nc1ccc(Cl)cc1. The maximum Gasteiger partial charge on any atom is 0.234 e. The number of carbonyl (C=O) groups excluding carboxylic acids is 2. The molecule has 0 bridgehead atoms. The van der Waals surface area contributed by atoms with Crippen LogP contribution in [0.25, 0.3) is 0 Å². The lowest BCUT2D eigenvalue weighted by atomic mass is 10.0. The highest BCUT2D eigenvalue weighted by Crippen LogP contribution is 2.17. The standard InChI is InChI=1S/C27H45ClO.C19H37NO.C6H6ClN/c1-2-3-4-5-6-7-8-9-10-11-12-13-14-15-16-17-18-19-27(29)24-25-20-22-26(28)23-21-25;1-2-3-4-5-6-7-8-9-10-11-12-13-14-15-16-17-18-20-19-21;7-5-1-3-6(8)4-2-5/h20-23H,2-19,24H2,1H3;2-18H2,1H3;1-4H,8H2. The zero-order valence-corrected chi connectivity index (χ0v) is 39.2. The average molecular weight is 844 g/mol. The highest BCUT2D eigenvalue weighted by Gasteiger charge is 2.04. The third kappa shape index (κ3) is 43.4. The monoisotopic (exact) mass is 843 g/mol. The van der Waals surface area contributed by atoms with Crippen LogP contribution in [0, 0.1) is 0 Å². The van der Waals surface area contributed by atoms with E-state index in [0.717, 1.165) is 40.6 Å². The first-order valence-electron chi connectivity index (χ1n) is 24.2. The summed E-state index contributed by atoms with van der Waals surface area (Å²) in [6, 6.07) is 14.7. The molecular formula is C52H88Cl2N2O2. The minimum absolute atomic E-state index is 0.355. The van der Waals surface area contributed by atoms with Gasteiger partial charge in [-0.25, -0.2) is 9.79 Å². The van der Waals surface area contributed by atoms with Crippen LogP contribution in [0.3, 0.4) is 0 Å². The van der Waals surface area contributed by atoms with Crippen LogP contribution in [0.15, 0.2) is 53.5 Å². The minimum Gasteiger partial charge on any atom is -0.399 e. The number of unbranched alkanes of at least 4 members (excludes halogenated alkanes) is 31. The second kappa shape index (κ2) is 45.9. The fourth-order valence-corrected chi connectivity index (χ4v) is 7.46. The predicted octanol–water partition coefficient (Wildman–Crippen LogP) is 18.0. The fourth-order valence-electron chi connectivity index (χ4n) is 7.21. The first kappa shape index (κ1) is 55.9. The van der Waals surface area contributed by atoms with Gasteiger partial charge in [0.25, 0.3) is 0 Å². The summed E-state index contributed by atoms with van der Waals surface area (Å²) in [6.07, 6.45) is 48.2. The van der Waals surface area contributed by atoms with E-state index in [1.54, 1.807) is 30.3 Å². The lowest BCUT2D eigenvalue weighted by Gasteiger charge is -2.04. The number of aliphatic imine (C=N–C) groups is 1. The summed E-state index contributed by atoms with van der Waals surface area (Å²) in [5.74, 6) is 0.355. The van der Waals surface area contributed by atoms with Crippen molar-refractivity contribution in [1.82, 2.24) is 0 Å². The zero-order valence-electron chi connectivity index (χ0n) is 37.7. The molecule has 0 aromatic heterocycles. The van der Waals surface area contributed by atoms with Crippen LogP contribution >= 0.6 is 23.2 Å². The number of nitrogens with two attached hydrogens (primary N) is 1. The number of halogens is 2. The Hall–Kier alpha value is -2.13. The molecule has 0 fully saturated rings. The van der Waals surface area contributed by atoms with Crippen LogP contribution in [-0.2, 0) is 16.0 Å². The van der Waals surface area contributed by atoms with E-state index < -0.39 is 0 Å². The smallest absolute Gasteiger partial charge is 0.234 e. The Bertz CT molecular complexity index is 1160. The molecule has 58 heavy (non-hydrogen) atoms. The molecule has 0 saturated heterocycles. The third-order valence-corrected chi connectivity index (χ3v) is 11.4. The number of Topliss-reactive ketones (excluding diaryl/α,β-unsaturated/α-hetero) is 1. The molecule has 0 aliphatic carbocycles. The van der Waals surface area contributed by atoms with Crippen LogP contribution in [-0.4, -0.2) is 18.4 Å². The second-order valence-electron chi connectivity index (χ2n) is 16.6. The molecule has 0 saturated carbocycles. The van der Waals surface area contributed by atoms with Crippen molar-refractivity contribution in [2.75, 3.05) is 12.3 Å². The van der Waals surface area contributed by atoms with E-state index in [1.807, 2.05) is 24.3 Å².